The second kappa shape index (κ2) is 5.58. The fraction of sp³-hybridized carbons (Fsp3) is 0.286. The van der Waals surface area contributed by atoms with Gasteiger partial charge in [0.25, 0.3) is 0 Å². The Morgan fingerprint density at radius 2 is 2.00 bits per heavy atom. The molecule has 1 heterocycles. The SMILES string of the molecule is CCCc1c(NC)ncnc1-c1ccccc1F. The van der Waals surface area contributed by atoms with Crippen LogP contribution in [0.1, 0.15) is 18.9 Å². The standard InChI is InChI=1S/C14H16FN3/c1-3-6-11-13(17-9-18-14(11)16-2)10-7-4-5-8-12(10)15/h4-5,7-9H,3,6H2,1-2H3,(H,16,17,18). The molecule has 0 saturated heterocycles. The van der Waals surface area contributed by atoms with Crippen LogP contribution in [0.3, 0.4) is 0 Å². The molecule has 0 aliphatic rings. The van der Waals surface area contributed by atoms with E-state index in [-0.39, 0.29) is 5.82 Å². The average molecular weight is 245 g/mol. The highest BCUT2D eigenvalue weighted by molar-refractivity contribution is 5.68. The van der Waals surface area contributed by atoms with Crippen molar-refractivity contribution in [3.05, 3.63) is 42.0 Å². The lowest BCUT2D eigenvalue weighted by molar-refractivity contribution is 0.630. The minimum absolute atomic E-state index is 0.254. The van der Waals surface area contributed by atoms with E-state index in [2.05, 4.69) is 22.2 Å². The second-order valence-corrected chi connectivity index (χ2v) is 4.03. The van der Waals surface area contributed by atoms with Gasteiger partial charge in [0.15, 0.2) is 0 Å². The van der Waals surface area contributed by atoms with E-state index in [0.717, 1.165) is 24.2 Å². The van der Waals surface area contributed by atoms with Gasteiger partial charge in [-0.3, -0.25) is 0 Å². The first kappa shape index (κ1) is 12.5. The van der Waals surface area contributed by atoms with Crippen LogP contribution in [0.2, 0.25) is 0 Å². The molecule has 0 amide bonds. The molecule has 0 bridgehead atoms. The molecule has 0 radical (unpaired) electrons. The molecule has 94 valence electrons. The predicted molar refractivity (Wildman–Crippen MR) is 71.0 cm³/mol. The molecule has 0 aliphatic carbocycles. The number of benzene rings is 1. The Kier molecular flexibility index (Phi) is 3.87. The number of anilines is 1. The van der Waals surface area contributed by atoms with Crippen molar-refractivity contribution in [3.63, 3.8) is 0 Å². The van der Waals surface area contributed by atoms with Crippen molar-refractivity contribution in [3.8, 4) is 11.3 Å². The molecular weight excluding hydrogens is 229 g/mol. The van der Waals surface area contributed by atoms with Crippen molar-refractivity contribution in [2.45, 2.75) is 19.8 Å². The number of hydrogen-bond acceptors (Lipinski definition) is 3. The summed E-state index contributed by atoms with van der Waals surface area (Å²) in [6.45, 7) is 2.08. The van der Waals surface area contributed by atoms with Crippen LogP contribution in [0.15, 0.2) is 30.6 Å². The lowest BCUT2D eigenvalue weighted by Crippen LogP contribution is -2.03. The summed E-state index contributed by atoms with van der Waals surface area (Å²) in [6.07, 6.45) is 3.25. The number of aromatic nitrogens is 2. The second-order valence-electron chi connectivity index (χ2n) is 4.03. The summed E-state index contributed by atoms with van der Waals surface area (Å²) in [7, 11) is 1.81. The highest BCUT2D eigenvalue weighted by Gasteiger charge is 2.14. The van der Waals surface area contributed by atoms with E-state index in [1.165, 1.54) is 12.4 Å². The number of nitrogens with one attached hydrogen (secondary N) is 1. The minimum atomic E-state index is -0.254. The van der Waals surface area contributed by atoms with Gasteiger partial charge < -0.3 is 5.32 Å². The summed E-state index contributed by atoms with van der Waals surface area (Å²) in [5.41, 5.74) is 2.17. The zero-order chi connectivity index (χ0) is 13.0. The molecule has 2 rings (SSSR count). The Bertz CT molecular complexity index is 540. The fourth-order valence-electron chi connectivity index (χ4n) is 2.00. The van der Waals surface area contributed by atoms with Gasteiger partial charge in [-0.25, -0.2) is 14.4 Å². The summed E-state index contributed by atoms with van der Waals surface area (Å²) in [6, 6.07) is 6.69. The zero-order valence-corrected chi connectivity index (χ0v) is 10.6. The Morgan fingerprint density at radius 1 is 1.22 bits per heavy atom. The van der Waals surface area contributed by atoms with Crippen molar-refractivity contribution in [1.29, 1.82) is 0 Å². The van der Waals surface area contributed by atoms with Crippen LogP contribution < -0.4 is 5.32 Å². The van der Waals surface area contributed by atoms with E-state index < -0.39 is 0 Å². The molecule has 1 aromatic heterocycles. The van der Waals surface area contributed by atoms with Crippen molar-refractivity contribution < 1.29 is 4.39 Å². The van der Waals surface area contributed by atoms with Crippen LogP contribution >= 0.6 is 0 Å². The van der Waals surface area contributed by atoms with Crippen molar-refractivity contribution in [2.24, 2.45) is 0 Å². The highest BCUT2D eigenvalue weighted by Crippen LogP contribution is 2.28. The van der Waals surface area contributed by atoms with Crippen molar-refractivity contribution in [1.82, 2.24) is 9.97 Å². The third kappa shape index (κ3) is 2.32. The van der Waals surface area contributed by atoms with Crippen LogP contribution in [0.4, 0.5) is 10.2 Å². The molecule has 0 unspecified atom stereocenters. The van der Waals surface area contributed by atoms with Crippen molar-refractivity contribution in [2.75, 3.05) is 12.4 Å². The molecule has 3 nitrogen and oxygen atoms in total. The van der Waals surface area contributed by atoms with Gasteiger partial charge in [-0.2, -0.15) is 0 Å². The maximum absolute atomic E-state index is 13.9. The van der Waals surface area contributed by atoms with E-state index in [1.54, 1.807) is 12.1 Å². The van der Waals surface area contributed by atoms with Gasteiger partial charge >= 0.3 is 0 Å². The van der Waals surface area contributed by atoms with Crippen LogP contribution in [0, 0.1) is 5.82 Å². The first-order chi connectivity index (χ1) is 8.77. The van der Waals surface area contributed by atoms with Crippen LogP contribution in [-0.2, 0) is 6.42 Å². The monoisotopic (exact) mass is 245 g/mol. The average Bonchev–Trinajstić information content (AvgIpc) is 2.40. The number of hydrogen-bond donors (Lipinski definition) is 1. The van der Waals surface area contributed by atoms with Gasteiger partial charge in [-0.15, -0.1) is 0 Å². The first-order valence-corrected chi connectivity index (χ1v) is 6.04. The van der Waals surface area contributed by atoms with Crippen LogP contribution in [0.25, 0.3) is 11.3 Å². The Morgan fingerprint density at radius 3 is 2.67 bits per heavy atom. The first-order valence-electron chi connectivity index (χ1n) is 6.04. The Labute approximate surface area is 106 Å². The molecule has 4 heteroatoms. The van der Waals surface area contributed by atoms with E-state index >= 15 is 0 Å². The smallest absolute Gasteiger partial charge is 0.132 e. The predicted octanol–water partition coefficient (Wildman–Crippen LogP) is 3.28. The number of rotatable bonds is 4. The van der Waals surface area contributed by atoms with Crippen LogP contribution in [-0.4, -0.2) is 17.0 Å². The summed E-state index contributed by atoms with van der Waals surface area (Å²) in [5, 5.41) is 3.04. The summed E-state index contributed by atoms with van der Waals surface area (Å²) < 4.78 is 13.9. The van der Waals surface area contributed by atoms with Crippen molar-refractivity contribution >= 4 is 5.82 Å². The largest absolute Gasteiger partial charge is 0.373 e. The molecule has 0 atom stereocenters. The lowest BCUT2D eigenvalue weighted by atomic mass is 10.0. The highest BCUT2D eigenvalue weighted by atomic mass is 19.1. The molecule has 1 aromatic carbocycles. The Balaban J connectivity index is 2.60. The topological polar surface area (TPSA) is 37.8 Å². The summed E-state index contributed by atoms with van der Waals surface area (Å²) in [4.78, 5) is 8.43. The number of halogens is 1. The third-order valence-corrected chi connectivity index (χ3v) is 2.81. The van der Waals surface area contributed by atoms with Crippen LogP contribution in [0.5, 0.6) is 0 Å². The lowest BCUT2D eigenvalue weighted by Gasteiger charge is -2.12. The van der Waals surface area contributed by atoms with Gasteiger partial charge in [0, 0.05) is 18.2 Å². The van der Waals surface area contributed by atoms with E-state index in [9.17, 15) is 4.39 Å². The Hall–Kier alpha value is -1.97. The zero-order valence-electron chi connectivity index (χ0n) is 10.6. The molecule has 18 heavy (non-hydrogen) atoms. The quantitative estimate of drug-likeness (QED) is 0.898. The summed E-state index contributed by atoms with van der Waals surface area (Å²) >= 11 is 0. The molecule has 0 aliphatic heterocycles. The van der Waals surface area contributed by atoms with E-state index in [0.29, 0.717) is 11.3 Å². The number of nitrogens with zero attached hydrogens (tertiary/aromatic N) is 2. The van der Waals surface area contributed by atoms with Gasteiger partial charge in [-0.1, -0.05) is 25.5 Å². The molecule has 0 saturated carbocycles. The molecule has 0 fully saturated rings. The normalized spacial score (nSPS) is 10.4. The summed E-state index contributed by atoms with van der Waals surface area (Å²) in [5.74, 6) is 0.515. The maximum Gasteiger partial charge on any atom is 0.132 e. The van der Waals surface area contributed by atoms with Gasteiger partial charge in [-0.05, 0) is 18.6 Å². The molecule has 2 aromatic rings. The minimum Gasteiger partial charge on any atom is -0.373 e. The molecular formula is C14H16FN3. The molecule has 0 spiro atoms. The fourth-order valence-corrected chi connectivity index (χ4v) is 2.00. The van der Waals surface area contributed by atoms with Gasteiger partial charge in [0.2, 0.25) is 0 Å². The molecule has 1 N–H and O–H groups in total. The third-order valence-electron chi connectivity index (χ3n) is 2.81. The van der Waals surface area contributed by atoms with Gasteiger partial charge in [0.1, 0.15) is 18.0 Å². The van der Waals surface area contributed by atoms with E-state index in [4.69, 9.17) is 0 Å². The maximum atomic E-state index is 13.9. The van der Waals surface area contributed by atoms with Gasteiger partial charge in [0.05, 0.1) is 5.69 Å². The van der Waals surface area contributed by atoms with E-state index in [1.807, 2.05) is 13.1 Å².